The third kappa shape index (κ3) is 6.99. The molecule has 1 aliphatic rings. The smallest absolute Gasteiger partial charge is 0.234 e. The van der Waals surface area contributed by atoms with Gasteiger partial charge in [-0.15, -0.1) is 0 Å². The predicted molar refractivity (Wildman–Crippen MR) is 113 cm³/mol. The lowest BCUT2D eigenvalue weighted by atomic mass is 9.93. The molecule has 1 unspecified atom stereocenters. The standard InChI is InChI=1S/C21H25FN2O.C2H6/c1-4-6-16(7-5-2)9-10-17(20-13-23-14-21(25)24-20)18-12-15(3)8-11-19(18)22;1-2/h4-8,10-12,20,23H,1,9,13-14H2,2-3H3,(H,24,25);1-2H3/b7-5-,16-6+,17-10-;. The minimum atomic E-state index is -0.281. The summed E-state index contributed by atoms with van der Waals surface area (Å²) < 4.78 is 14.5. The van der Waals surface area contributed by atoms with Gasteiger partial charge in [-0.1, -0.05) is 62.4 Å². The van der Waals surface area contributed by atoms with Gasteiger partial charge in [-0.3, -0.25) is 4.79 Å². The monoisotopic (exact) mass is 370 g/mol. The molecule has 0 saturated carbocycles. The Hall–Kier alpha value is -2.46. The van der Waals surface area contributed by atoms with E-state index in [2.05, 4.69) is 17.2 Å². The molecule has 0 spiro atoms. The van der Waals surface area contributed by atoms with Crippen LogP contribution in [-0.2, 0) is 4.79 Å². The number of amides is 1. The van der Waals surface area contributed by atoms with Gasteiger partial charge in [0.05, 0.1) is 12.6 Å². The zero-order valence-corrected chi connectivity index (χ0v) is 16.8. The average molecular weight is 371 g/mol. The van der Waals surface area contributed by atoms with Crippen LogP contribution < -0.4 is 10.6 Å². The van der Waals surface area contributed by atoms with Crippen molar-refractivity contribution in [3.8, 4) is 0 Å². The topological polar surface area (TPSA) is 41.1 Å². The number of carbonyl (C=O) groups is 1. The minimum absolute atomic E-state index is 0.0782. The number of aryl methyl sites for hydroxylation is 1. The fourth-order valence-electron chi connectivity index (χ4n) is 2.90. The minimum Gasteiger partial charge on any atom is -0.347 e. The Morgan fingerprint density at radius 2 is 2.11 bits per heavy atom. The van der Waals surface area contributed by atoms with E-state index in [1.807, 2.05) is 58.1 Å². The summed E-state index contributed by atoms with van der Waals surface area (Å²) in [6.07, 6.45) is 10.2. The summed E-state index contributed by atoms with van der Waals surface area (Å²) in [7, 11) is 0. The first-order valence-corrected chi connectivity index (χ1v) is 9.46. The number of carbonyl (C=O) groups excluding carboxylic acids is 1. The lowest BCUT2D eigenvalue weighted by Gasteiger charge is -2.27. The summed E-state index contributed by atoms with van der Waals surface area (Å²) >= 11 is 0. The summed E-state index contributed by atoms with van der Waals surface area (Å²) in [5, 5.41) is 6.04. The van der Waals surface area contributed by atoms with E-state index in [0.29, 0.717) is 25.1 Å². The molecule has 1 aliphatic heterocycles. The number of nitrogens with one attached hydrogen (secondary N) is 2. The molecule has 4 heteroatoms. The number of rotatable bonds is 6. The number of halogens is 1. The predicted octanol–water partition coefficient (Wildman–Crippen LogP) is 4.71. The first-order chi connectivity index (χ1) is 13.0. The van der Waals surface area contributed by atoms with Gasteiger partial charge in [-0.2, -0.15) is 0 Å². The van der Waals surface area contributed by atoms with Gasteiger partial charge in [0.25, 0.3) is 0 Å². The molecule has 1 aromatic rings. The Morgan fingerprint density at radius 1 is 1.37 bits per heavy atom. The summed E-state index contributed by atoms with van der Waals surface area (Å²) in [5.41, 5.74) is 3.37. The van der Waals surface area contributed by atoms with E-state index < -0.39 is 0 Å². The van der Waals surface area contributed by atoms with Gasteiger partial charge in [0, 0.05) is 12.1 Å². The molecule has 27 heavy (non-hydrogen) atoms. The van der Waals surface area contributed by atoms with Crippen LogP contribution in [0.3, 0.4) is 0 Å². The highest BCUT2D eigenvalue weighted by Gasteiger charge is 2.24. The Kier molecular flexibility index (Phi) is 10.1. The van der Waals surface area contributed by atoms with Gasteiger partial charge in [0.15, 0.2) is 0 Å². The van der Waals surface area contributed by atoms with Crippen LogP contribution in [0.15, 0.2) is 60.7 Å². The highest BCUT2D eigenvalue weighted by atomic mass is 19.1. The van der Waals surface area contributed by atoms with Gasteiger partial charge >= 0.3 is 0 Å². The third-order valence-electron chi connectivity index (χ3n) is 4.05. The fourth-order valence-corrected chi connectivity index (χ4v) is 2.90. The van der Waals surface area contributed by atoms with E-state index in [-0.39, 0.29) is 17.8 Å². The Morgan fingerprint density at radius 3 is 2.74 bits per heavy atom. The van der Waals surface area contributed by atoms with Crippen molar-refractivity contribution in [3.05, 3.63) is 77.7 Å². The van der Waals surface area contributed by atoms with Crippen LogP contribution in [0.2, 0.25) is 0 Å². The van der Waals surface area contributed by atoms with E-state index in [0.717, 1.165) is 16.7 Å². The van der Waals surface area contributed by atoms with Crippen LogP contribution >= 0.6 is 0 Å². The van der Waals surface area contributed by atoms with Crippen molar-refractivity contribution in [1.82, 2.24) is 10.6 Å². The molecular formula is C23H31FN2O. The molecule has 2 rings (SSSR count). The molecule has 0 aliphatic carbocycles. The molecule has 3 nitrogen and oxygen atoms in total. The van der Waals surface area contributed by atoms with Crippen LogP contribution in [0, 0.1) is 12.7 Å². The van der Waals surface area contributed by atoms with Gasteiger partial charge in [-0.25, -0.2) is 4.39 Å². The first kappa shape index (κ1) is 22.6. The molecule has 0 aromatic heterocycles. The molecule has 1 saturated heterocycles. The largest absolute Gasteiger partial charge is 0.347 e. The van der Waals surface area contributed by atoms with E-state index in [4.69, 9.17) is 0 Å². The highest BCUT2D eigenvalue weighted by Crippen LogP contribution is 2.25. The third-order valence-corrected chi connectivity index (χ3v) is 4.05. The summed E-state index contributed by atoms with van der Waals surface area (Å²) in [6, 6.07) is 4.79. The number of allylic oxidation sites excluding steroid dienone is 6. The van der Waals surface area contributed by atoms with E-state index in [9.17, 15) is 9.18 Å². The van der Waals surface area contributed by atoms with Crippen molar-refractivity contribution < 1.29 is 9.18 Å². The van der Waals surface area contributed by atoms with Crippen molar-refractivity contribution in [2.24, 2.45) is 0 Å². The quantitative estimate of drug-likeness (QED) is 0.712. The molecular weight excluding hydrogens is 339 g/mol. The summed E-state index contributed by atoms with van der Waals surface area (Å²) in [6.45, 7) is 12.5. The normalized spacial score (nSPS) is 18.0. The van der Waals surface area contributed by atoms with Gasteiger partial charge in [0.1, 0.15) is 5.82 Å². The van der Waals surface area contributed by atoms with Crippen molar-refractivity contribution in [2.75, 3.05) is 13.1 Å². The maximum absolute atomic E-state index is 14.5. The van der Waals surface area contributed by atoms with Gasteiger partial charge < -0.3 is 10.6 Å². The zero-order valence-electron chi connectivity index (χ0n) is 16.8. The molecule has 146 valence electrons. The van der Waals surface area contributed by atoms with Crippen LogP contribution in [0.1, 0.15) is 38.3 Å². The van der Waals surface area contributed by atoms with Gasteiger partial charge in [-0.05, 0) is 43.5 Å². The number of hydrogen-bond acceptors (Lipinski definition) is 2. The molecule has 1 heterocycles. The van der Waals surface area contributed by atoms with E-state index in [1.54, 1.807) is 12.1 Å². The second-order valence-electron chi connectivity index (χ2n) is 6.08. The van der Waals surface area contributed by atoms with E-state index in [1.165, 1.54) is 6.07 Å². The maximum Gasteiger partial charge on any atom is 0.234 e. The Labute approximate surface area is 162 Å². The SMILES string of the molecule is C=C/C=C(\C=C/C)C/C=C(/c1cc(C)ccc1F)C1CNCC(=O)N1.CC. The van der Waals surface area contributed by atoms with Crippen molar-refractivity contribution in [3.63, 3.8) is 0 Å². The highest BCUT2D eigenvalue weighted by molar-refractivity contribution is 5.83. The zero-order chi connectivity index (χ0) is 20.2. The van der Waals surface area contributed by atoms with Crippen LogP contribution in [0.5, 0.6) is 0 Å². The van der Waals surface area contributed by atoms with Crippen molar-refractivity contribution in [2.45, 2.75) is 40.2 Å². The molecule has 0 bridgehead atoms. The Bertz CT molecular complexity index is 732. The van der Waals surface area contributed by atoms with Crippen molar-refractivity contribution >= 4 is 11.5 Å². The molecule has 1 amide bonds. The summed E-state index contributed by atoms with van der Waals surface area (Å²) in [4.78, 5) is 11.8. The Balaban J connectivity index is 0.00000176. The van der Waals surface area contributed by atoms with Crippen LogP contribution in [-0.4, -0.2) is 25.0 Å². The maximum atomic E-state index is 14.5. The van der Waals surface area contributed by atoms with Crippen LogP contribution in [0.4, 0.5) is 4.39 Å². The second kappa shape index (κ2) is 12.0. The van der Waals surface area contributed by atoms with Crippen LogP contribution in [0.25, 0.3) is 5.57 Å². The lowest BCUT2D eigenvalue weighted by Crippen LogP contribution is -2.52. The lowest BCUT2D eigenvalue weighted by molar-refractivity contribution is -0.121. The molecule has 1 fully saturated rings. The number of piperazine rings is 1. The average Bonchev–Trinajstić information content (AvgIpc) is 2.66. The molecule has 1 aromatic carbocycles. The fraction of sp³-hybridized carbons (Fsp3) is 0.348. The molecule has 0 radical (unpaired) electrons. The van der Waals surface area contributed by atoms with E-state index >= 15 is 0 Å². The molecule has 1 atom stereocenters. The first-order valence-electron chi connectivity index (χ1n) is 9.46. The number of benzene rings is 1. The molecule has 2 N–H and O–H groups in total. The number of hydrogen-bond donors (Lipinski definition) is 2. The second-order valence-corrected chi connectivity index (χ2v) is 6.08. The van der Waals surface area contributed by atoms with Crippen molar-refractivity contribution in [1.29, 1.82) is 0 Å². The van der Waals surface area contributed by atoms with Gasteiger partial charge in [0.2, 0.25) is 5.91 Å². The summed E-state index contributed by atoms with van der Waals surface area (Å²) in [5.74, 6) is -0.359.